The second kappa shape index (κ2) is 20.8. The Balaban J connectivity index is 0.000000231. The molecule has 0 aliphatic carbocycles. The fourth-order valence-corrected chi connectivity index (χ4v) is 6.94. The average Bonchev–Trinajstić information content (AvgIpc) is 3.26. The number of allylic oxidation sites excluding steroid dienone is 1. The lowest BCUT2D eigenvalue weighted by Crippen LogP contribution is -2.23. The van der Waals surface area contributed by atoms with E-state index in [0.717, 1.165) is 79.1 Å². The first-order valence-corrected chi connectivity index (χ1v) is 20.0. The van der Waals surface area contributed by atoms with E-state index in [4.69, 9.17) is 15.9 Å². The third-order valence-corrected chi connectivity index (χ3v) is 10.6. The van der Waals surface area contributed by atoms with Gasteiger partial charge in [0.1, 0.15) is 11.5 Å². The Morgan fingerprint density at radius 1 is 0.557 bits per heavy atom. The lowest BCUT2D eigenvalue weighted by Gasteiger charge is -2.30. The molecule has 0 N–H and O–H groups in total. The van der Waals surface area contributed by atoms with Gasteiger partial charge in [-0.25, -0.2) is 9.97 Å². The Kier molecular flexibility index (Phi) is 15.6. The van der Waals surface area contributed by atoms with Crippen molar-refractivity contribution in [3.05, 3.63) is 192 Å². The Morgan fingerprint density at radius 2 is 0.967 bits per heavy atom. The van der Waals surface area contributed by atoms with E-state index in [1.165, 1.54) is 12.1 Å². The van der Waals surface area contributed by atoms with E-state index in [0.29, 0.717) is 35.9 Å². The average molecular weight is 835 g/mol. The van der Waals surface area contributed by atoms with Crippen molar-refractivity contribution in [2.75, 3.05) is 0 Å². The quantitative estimate of drug-likeness (QED) is 0.0553. The van der Waals surface area contributed by atoms with E-state index in [1.807, 2.05) is 111 Å². The van der Waals surface area contributed by atoms with E-state index in [1.54, 1.807) is 18.2 Å². The smallest absolute Gasteiger partial charge is 0.416 e. The summed E-state index contributed by atoms with van der Waals surface area (Å²) < 4.78 is 88.7. The Hall–Kier alpha value is -6.34. The lowest BCUT2D eigenvalue weighted by molar-refractivity contribution is -0.138. The maximum Gasteiger partial charge on any atom is 0.416 e. The molecule has 2 aromatic heterocycles. The number of para-hydroxylation sites is 2. The monoisotopic (exact) mass is 834 g/mol. The molecular formula is C51H48F6N2O2. The number of ether oxygens (including phenoxy) is 2. The highest BCUT2D eigenvalue weighted by Gasteiger charge is 2.33. The predicted octanol–water partition coefficient (Wildman–Crippen LogP) is 14.6. The third kappa shape index (κ3) is 13.1. The van der Waals surface area contributed by atoms with Gasteiger partial charge >= 0.3 is 12.4 Å². The van der Waals surface area contributed by atoms with E-state index >= 15 is 0 Å². The first-order valence-electron chi connectivity index (χ1n) is 20.0. The molecule has 10 heteroatoms. The van der Waals surface area contributed by atoms with Crippen LogP contribution < -0.4 is 9.47 Å². The third-order valence-electron chi connectivity index (χ3n) is 10.6. The van der Waals surface area contributed by atoms with E-state index in [9.17, 15) is 26.3 Å². The van der Waals surface area contributed by atoms with Crippen LogP contribution in [0.3, 0.4) is 0 Å². The van der Waals surface area contributed by atoms with Crippen molar-refractivity contribution in [2.24, 2.45) is 0 Å². The van der Waals surface area contributed by atoms with Crippen LogP contribution in [0.4, 0.5) is 26.3 Å². The van der Waals surface area contributed by atoms with Gasteiger partial charge < -0.3 is 9.47 Å². The minimum Gasteiger partial charge on any atom is -0.439 e. The van der Waals surface area contributed by atoms with Gasteiger partial charge in [0.2, 0.25) is 11.8 Å². The van der Waals surface area contributed by atoms with Gasteiger partial charge in [0.15, 0.2) is 0 Å². The first kappa shape index (κ1) is 45.7. The van der Waals surface area contributed by atoms with Crippen molar-refractivity contribution in [3.63, 3.8) is 0 Å². The number of pyridine rings is 2. The summed E-state index contributed by atoms with van der Waals surface area (Å²) >= 11 is 0. The van der Waals surface area contributed by atoms with Gasteiger partial charge in [-0.3, -0.25) is 0 Å². The van der Waals surface area contributed by atoms with Crippen LogP contribution in [0.2, 0.25) is 0 Å². The van der Waals surface area contributed by atoms with Gasteiger partial charge in [-0.15, -0.1) is 13.0 Å². The summed E-state index contributed by atoms with van der Waals surface area (Å²) in [6.07, 6.45) is 4.05. The molecule has 2 unspecified atom stereocenters. The second-order valence-electron chi connectivity index (χ2n) is 14.8. The lowest BCUT2D eigenvalue weighted by atomic mass is 9.74. The summed E-state index contributed by atoms with van der Waals surface area (Å²) in [5.74, 6) is 5.25. The van der Waals surface area contributed by atoms with Crippen LogP contribution in [-0.4, -0.2) is 9.97 Å². The van der Waals surface area contributed by atoms with Gasteiger partial charge in [0, 0.05) is 28.9 Å². The number of halogens is 6. The number of benzene rings is 4. The number of hydrogen-bond donors (Lipinski definition) is 0. The summed E-state index contributed by atoms with van der Waals surface area (Å²) in [6, 6.07) is 40.7. The molecule has 6 aromatic rings. The SMILES string of the molecule is C#CC(C)(CCCc1cccc(Oc2ccccc2)n1)c1ccc(C(F)(F)F)cc1.C=CC(CC)(CCCc1cccc(Oc2ccccc2)n1)c1ccc(C(F)(F)F)cc1. The molecule has 0 aliphatic rings. The molecule has 2 heterocycles. The fourth-order valence-electron chi connectivity index (χ4n) is 6.94. The molecule has 0 amide bonds. The number of hydrogen-bond acceptors (Lipinski definition) is 4. The number of aromatic nitrogens is 2. The molecule has 4 nitrogen and oxygen atoms in total. The zero-order chi connectivity index (χ0) is 43.9. The standard InChI is InChI=1S/C26H26F3NO.C25H22F3NO/c1-3-25(4-2,20-15-17-21(18-16-20)26(27,28)29)19-9-11-22-10-8-14-24(30-22)31-23-12-6-5-7-13-23;1-3-24(2,19-14-16-20(17-15-19)25(26,27)28)18-8-10-21-9-7-13-23(29-21)30-22-11-5-4-6-12-22/h3,5-8,10,12-18H,1,4,9,11,19H2,2H3;1,4-7,9,11-17H,8,10,18H2,2H3. The minimum atomic E-state index is -4.36. The maximum absolute atomic E-state index is 12.9. The molecule has 2 atom stereocenters. The van der Waals surface area contributed by atoms with Crippen LogP contribution in [0.1, 0.15) is 79.6 Å². The van der Waals surface area contributed by atoms with Crippen molar-refractivity contribution in [3.8, 4) is 35.6 Å². The largest absolute Gasteiger partial charge is 0.439 e. The number of rotatable bonds is 16. The van der Waals surface area contributed by atoms with Crippen LogP contribution >= 0.6 is 0 Å². The van der Waals surface area contributed by atoms with Gasteiger partial charge in [0.05, 0.1) is 16.5 Å². The predicted molar refractivity (Wildman–Crippen MR) is 229 cm³/mol. The molecule has 316 valence electrons. The Bertz CT molecular complexity index is 2320. The highest BCUT2D eigenvalue weighted by atomic mass is 19.4. The maximum atomic E-state index is 12.9. The normalized spacial score (nSPS) is 13.4. The highest BCUT2D eigenvalue weighted by Crippen LogP contribution is 2.38. The summed E-state index contributed by atoms with van der Waals surface area (Å²) in [4.78, 5) is 9.10. The molecular weight excluding hydrogens is 787 g/mol. The van der Waals surface area contributed by atoms with Gasteiger partial charge in [0.25, 0.3) is 0 Å². The van der Waals surface area contributed by atoms with Gasteiger partial charge in [-0.1, -0.05) is 91.7 Å². The first-order chi connectivity index (χ1) is 29.2. The summed E-state index contributed by atoms with van der Waals surface area (Å²) in [7, 11) is 0. The molecule has 0 radical (unpaired) electrons. The van der Waals surface area contributed by atoms with E-state index < -0.39 is 28.9 Å². The van der Waals surface area contributed by atoms with Crippen molar-refractivity contribution in [1.82, 2.24) is 9.97 Å². The van der Waals surface area contributed by atoms with Crippen molar-refractivity contribution < 1.29 is 35.8 Å². The van der Waals surface area contributed by atoms with Crippen LogP contribution in [-0.2, 0) is 36.0 Å². The molecule has 61 heavy (non-hydrogen) atoms. The fraction of sp³-hybridized carbons (Fsp3) is 0.255. The number of nitrogens with zero attached hydrogens (tertiary/aromatic N) is 2. The molecule has 0 saturated heterocycles. The van der Waals surface area contributed by atoms with Crippen LogP contribution in [0.5, 0.6) is 23.3 Å². The van der Waals surface area contributed by atoms with Crippen LogP contribution in [0.25, 0.3) is 0 Å². The molecule has 0 aliphatic heterocycles. The molecule has 0 fully saturated rings. The minimum absolute atomic E-state index is 0.373. The number of aryl methyl sites for hydroxylation is 2. The Morgan fingerprint density at radius 3 is 1.36 bits per heavy atom. The van der Waals surface area contributed by atoms with Gasteiger partial charge in [-0.05, 0) is 124 Å². The van der Waals surface area contributed by atoms with Crippen LogP contribution in [0, 0.1) is 12.3 Å². The number of terminal acetylenes is 1. The summed E-state index contributed by atoms with van der Waals surface area (Å²) in [6.45, 7) is 7.89. The molecule has 0 bridgehead atoms. The zero-order valence-electron chi connectivity index (χ0n) is 34.1. The molecule has 0 saturated carbocycles. The molecule has 4 aromatic carbocycles. The van der Waals surface area contributed by atoms with E-state index in [2.05, 4.69) is 22.5 Å². The van der Waals surface area contributed by atoms with E-state index in [-0.39, 0.29) is 5.41 Å². The molecule has 0 spiro atoms. The van der Waals surface area contributed by atoms with Gasteiger partial charge in [-0.2, -0.15) is 26.3 Å². The highest BCUT2D eigenvalue weighted by molar-refractivity contribution is 5.37. The topological polar surface area (TPSA) is 44.2 Å². The summed E-state index contributed by atoms with van der Waals surface area (Å²) in [5, 5.41) is 0. The van der Waals surface area contributed by atoms with Crippen molar-refractivity contribution >= 4 is 0 Å². The summed E-state index contributed by atoms with van der Waals surface area (Å²) in [5.41, 5.74) is 1.00. The van der Waals surface area contributed by atoms with Crippen molar-refractivity contribution in [2.45, 2.75) is 82.0 Å². The second-order valence-corrected chi connectivity index (χ2v) is 14.8. The van der Waals surface area contributed by atoms with Crippen LogP contribution in [0.15, 0.2) is 158 Å². The zero-order valence-corrected chi connectivity index (χ0v) is 34.1. The Labute approximate surface area is 354 Å². The number of alkyl halides is 6. The molecule has 6 rings (SSSR count). The van der Waals surface area contributed by atoms with Crippen molar-refractivity contribution in [1.29, 1.82) is 0 Å².